The van der Waals surface area contributed by atoms with Crippen molar-refractivity contribution in [1.29, 1.82) is 0 Å². The van der Waals surface area contributed by atoms with Gasteiger partial charge in [0.25, 0.3) is 5.91 Å². The lowest BCUT2D eigenvalue weighted by Gasteiger charge is -2.15. The van der Waals surface area contributed by atoms with Crippen molar-refractivity contribution in [3.05, 3.63) is 59.7 Å². The summed E-state index contributed by atoms with van der Waals surface area (Å²) in [5.41, 5.74) is 7.15. The number of hydrogen-bond donors (Lipinski definition) is 2. The minimum atomic E-state index is -1.02. The Kier molecular flexibility index (Phi) is 5.31. The smallest absolute Gasteiger partial charge is 0.338 e. The molecule has 0 saturated heterocycles. The lowest BCUT2D eigenvalue weighted by molar-refractivity contribution is -0.123. The summed E-state index contributed by atoms with van der Waals surface area (Å²) in [6.07, 6.45) is -1.02. The van der Waals surface area contributed by atoms with Gasteiger partial charge in [0.2, 0.25) is 0 Å². The molecule has 0 aliphatic carbocycles. The number of amides is 1. The molecule has 0 fully saturated rings. The number of Topliss-reactive ketones (excluding diaryl/α,β-unsaturated/α-hetero) is 1. The van der Waals surface area contributed by atoms with Gasteiger partial charge in [0.05, 0.1) is 11.3 Å². The Morgan fingerprint density at radius 1 is 1.04 bits per heavy atom. The first-order valence-electron chi connectivity index (χ1n) is 7.36. The van der Waals surface area contributed by atoms with Gasteiger partial charge in [-0.2, -0.15) is 0 Å². The summed E-state index contributed by atoms with van der Waals surface area (Å²) < 4.78 is 5.13. The second-order valence-electron chi connectivity index (χ2n) is 5.26. The highest BCUT2D eigenvalue weighted by molar-refractivity contribution is 6.05. The SMILES string of the molecule is CC(=O)c1ccccc1NC(=O)C(C)OC(=O)c1ccc(N)cc1. The van der Waals surface area contributed by atoms with E-state index in [0.717, 1.165) is 0 Å². The monoisotopic (exact) mass is 326 g/mol. The van der Waals surface area contributed by atoms with Crippen molar-refractivity contribution in [3.8, 4) is 0 Å². The van der Waals surface area contributed by atoms with Crippen LogP contribution in [0.5, 0.6) is 0 Å². The van der Waals surface area contributed by atoms with Crippen LogP contribution in [0, 0.1) is 0 Å². The van der Waals surface area contributed by atoms with Crippen LogP contribution in [-0.4, -0.2) is 23.8 Å². The summed E-state index contributed by atoms with van der Waals surface area (Å²) in [5, 5.41) is 2.60. The van der Waals surface area contributed by atoms with E-state index in [-0.39, 0.29) is 5.78 Å². The van der Waals surface area contributed by atoms with Crippen LogP contribution in [0.15, 0.2) is 48.5 Å². The molecule has 0 radical (unpaired) electrons. The maximum absolute atomic E-state index is 12.2. The summed E-state index contributed by atoms with van der Waals surface area (Å²) in [4.78, 5) is 35.8. The minimum Gasteiger partial charge on any atom is -0.449 e. The molecule has 2 rings (SSSR count). The number of ketones is 1. The minimum absolute atomic E-state index is 0.169. The zero-order valence-corrected chi connectivity index (χ0v) is 13.4. The molecular weight excluding hydrogens is 308 g/mol. The largest absolute Gasteiger partial charge is 0.449 e. The van der Waals surface area contributed by atoms with E-state index < -0.39 is 18.0 Å². The quantitative estimate of drug-likeness (QED) is 0.500. The molecule has 2 aromatic carbocycles. The number of para-hydroxylation sites is 1. The van der Waals surface area contributed by atoms with Gasteiger partial charge in [0.15, 0.2) is 11.9 Å². The third-order valence-electron chi connectivity index (χ3n) is 3.36. The van der Waals surface area contributed by atoms with Crippen LogP contribution in [0.4, 0.5) is 11.4 Å². The maximum Gasteiger partial charge on any atom is 0.338 e. The molecule has 6 nitrogen and oxygen atoms in total. The molecule has 0 aromatic heterocycles. The Balaban J connectivity index is 2.04. The summed E-state index contributed by atoms with van der Waals surface area (Å²) in [6, 6.07) is 12.8. The molecule has 0 saturated carbocycles. The average Bonchev–Trinajstić information content (AvgIpc) is 2.55. The Bertz CT molecular complexity index is 769. The third kappa shape index (κ3) is 4.19. The number of nitrogens with one attached hydrogen (secondary N) is 1. The highest BCUT2D eigenvalue weighted by Crippen LogP contribution is 2.16. The average molecular weight is 326 g/mol. The van der Waals surface area contributed by atoms with Gasteiger partial charge in [-0.1, -0.05) is 12.1 Å². The van der Waals surface area contributed by atoms with Crippen molar-refractivity contribution in [2.45, 2.75) is 20.0 Å². The van der Waals surface area contributed by atoms with E-state index in [9.17, 15) is 14.4 Å². The zero-order valence-electron chi connectivity index (χ0n) is 13.4. The van der Waals surface area contributed by atoms with Crippen molar-refractivity contribution >= 4 is 29.0 Å². The summed E-state index contributed by atoms with van der Waals surface area (Å²) >= 11 is 0. The Morgan fingerprint density at radius 2 is 1.67 bits per heavy atom. The van der Waals surface area contributed by atoms with Crippen LogP contribution < -0.4 is 11.1 Å². The number of carbonyl (C=O) groups excluding carboxylic acids is 3. The first-order chi connectivity index (χ1) is 11.4. The Labute approximate surface area is 139 Å². The van der Waals surface area contributed by atoms with Crippen molar-refractivity contribution < 1.29 is 19.1 Å². The Hall–Kier alpha value is -3.15. The molecule has 124 valence electrons. The van der Waals surface area contributed by atoms with Crippen LogP contribution in [0.2, 0.25) is 0 Å². The van der Waals surface area contributed by atoms with Gasteiger partial charge in [-0.3, -0.25) is 9.59 Å². The number of nitrogens with two attached hydrogens (primary N) is 1. The molecule has 24 heavy (non-hydrogen) atoms. The van der Waals surface area contributed by atoms with Gasteiger partial charge >= 0.3 is 5.97 Å². The summed E-state index contributed by atoms with van der Waals surface area (Å²) in [6.45, 7) is 2.87. The molecule has 0 heterocycles. The van der Waals surface area contributed by atoms with Crippen molar-refractivity contribution in [2.75, 3.05) is 11.1 Å². The number of anilines is 2. The number of benzene rings is 2. The second kappa shape index (κ2) is 7.41. The predicted octanol–water partition coefficient (Wildman–Crippen LogP) is 2.66. The molecule has 1 amide bonds. The second-order valence-corrected chi connectivity index (χ2v) is 5.26. The molecule has 0 bridgehead atoms. The number of ether oxygens (including phenoxy) is 1. The van der Waals surface area contributed by atoms with Gasteiger partial charge < -0.3 is 15.8 Å². The standard InChI is InChI=1S/C18H18N2O4/c1-11(21)15-5-3-4-6-16(15)20-17(22)12(2)24-18(23)13-7-9-14(19)10-8-13/h3-10,12H,19H2,1-2H3,(H,20,22). The molecule has 6 heteroatoms. The first-order valence-corrected chi connectivity index (χ1v) is 7.36. The first kappa shape index (κ1) is 17.2. The molecule has 0 aliphatic heterocycles. The lowest BCUT2D eigenvalue weighted by Crippen LogP contribution is -2.30. The topological polar surface area (TPSA) is 98.5 Å². The van der Waals surface area contributed by atoms with E-state index in [2.05, 4.69) is 5.32 Å². The molecule has 1 unspecified atom stereocenters. The fraction of sp³-hybridized carbons (Fsp3) is 0.167. The number of hydrogen-bond acceptors (Lipinski definition) is 5. The van der Waals surface area contributed by atoms with E-state index in [4.69, 9.17) is 10.5 Å². The summed E-state index contributed by atoms with van der Waals surface area (Å²) in [5.74, 6) is -1.32. The molecule has 0 aliphatic rings. The van der Waals surface area contributed by atoms with Gasteiger partial charge in [-0.25, -0.2) is 4.79 Å². The highest BCUT2D eigenvalue weighted by atomic mass is 16.5. The van der Waals surface area contributed by atoms with Crippen molar-refractivity contribution in [1.82, 2.24) is 0 Å². The van der Waals surface area contributed by atoms with E-state index in [0.29, 0.717) is 22.5 Å². The molecule has 2 aromatic rings. The van der Waals surface area contributed by atoms with Crippen LogP contribution in [-0.2, 0) is 9.53 Å². The number of rotatable bonds is 5. The van der Waals surface area contributed by atoms with Crippen molar-refractivity contribution in [3.63, 3.8) is 0 Å². The third-order valence-corrected chi connectivity index (χ3v) is 3.36. The van der Waals surface area contributed by atoms with E-state index in [1.165, 1.54) is 26.0 Å². The zero-order chi connectivity index (χ0) is 17.7. The van der Waals surface area contributed by atoms with Gasteiger partial charge in [0.1, 0.15) is 0 Å². The predicted molar refractivity (Wildman–Crippen MR) is 90.8 cm³/mol. The van der Waals surface area contributed by atoms with E-state index in [1.54, 1.807) is 36.4 Å². The molecule has 1 atom stereocenters. The van der Waals surface area contributed by atoms with Crippen LogP contribution in [0.3, 0.4) is 0 Å². The van der Waals surface area contributed by atoms with Crippen LogP contribution >= 0.6 is 0 Å². The highest BCUT2D eigenvalue weighted by Gasteiger charge is 2.20. The fourth-order valence-corrected chi connectivity index (χ4v) is 2.03. The number of carbonyl (C=O) groups is 3. The van der Waals surface area contributed by atoms with Gasteiger partial charge in [-0.05, 0) is 50.2 Å². The molecular formula is C18H18N2O4. The molecule has 3 N–H and O–H groups in total. The van der Waals surface area contributed by atoms with E-state index >= 15 is 0 Å². The summed E-state index contributed by atoms with van der Waals surface area (Å²) in [7, 11) is 0. The maximum atomic E-state index is 12.2. The lowest BCUT2D eigenvalue weighted by atomic mass is 10.1. The fourth-order valence-electron chi connectivity index (χ4n) is 2.03. The number of esters is 1. The normalized spacial score (nSPS) is 11.4. The van der Waals surface area contributed by atoms with Crippen LogP contribution in [0.25, 0.3) is 0 Å². The van der Waals surface area contributed by atoms with Gasteiger partial charge in [-0.15, -0.1) is 0 Å². The Morgan fingerprint density at radius 3 is 2.29 bits per heavy atom. The number of nitrogen functional groups attached to an aromatic ring is 1. The van der Waals surface area contributed by atoms with Gasteiger partial charge in [0, 0.05) is 11.3 Å². The van der Waals surface area contributed by atoms with Crippen LogP contribution in [0.1, 0.15) is 34.6 Å². The van der Waals surface area contributed by atoms with Crippen molar-refractivity contribution in [2.24, 2.45) is 0 Å². The molecule has 0 spiro atoms. The van der Waals surface area contributed by atoms with E-state index in [1.807, 2.05) is 0 Å².